The Morgan fingerprint density at radius 3 is 2.64 bits per heavy atom. The normalized spacial score (nSPS) is 10.7. The minimum Gasteiger partial charge on any atom is -0.487 e. The number of rotatable bonds is 6. The lowest BCUT2D eigenvalue weighted by Crippen LogP contribution is -2.13. The summed E-state index contributed by atoms with van der Waals surface area (Å²) in [7, 11) is 0. The highest BCUT2D eigenvalue weighted by Crippen LogP contribution is 2.34. The first-order valence-corrected chi connectivity index (χ1v) is 8.01. The van der Waals surface area contributed by atoms with E-state index < -0.39 is 5.91 Å². The van der Waals surface area contributed by atoms with Crippen molar-refractivity contribution in [1.29, 1.82) is 5.26 Å². The van der Waals surface area contributed by atoms with E-state index in [-0.39, 0.29) is 17.2 Å². The summed E-state index contributed by atoms with van der Waals surface area (Å²) >= 11 is 12.2. The number of benzene rings is 2. The fraction of sp³-hybridized carbons (Fsp3) is 0.0526. The minimum absolute atomic E-state index is 0.106. The standard InChI is InChI=1S/C19H14Cl2N2O2/c1-2-8-25-18-13(10-15(20)11-17(18)21)9-14(12-22)19(24)23-16-6-4-3-5-7-16/h2-7,9-11H,1,8H2,(H,23,24)/b14-9+. The molecular weight excluding hydrogens is 359 g/mol. The van der Waals surface area contributed by atoms with Crippen LogP contribution < -0.4 is 10.1 Å². The van der Waals surface area contributed by atoms with Crippen molar-refractivity contribution in [1.82, 2.24) is 0 Å². The first kappa shape index (κ1) is 18.6. The Kier molecular flexibility index (Phi) is 6.64. The van der Waals surface area contributed by atoms with Crippen molar-refractivity contribution in [3.05, 3.63) is 76.3 Å². The predicted molar refractivity (Wildman–Crippen MR) is 101 cm³/mol. The van der Waals surface area contributed by atoms with Gasteiger partial charge in [-0.2, -0.15) is 5.26 Å². The fourth-order valence-electron chi connectivity index (χ4n) is 2.01. The van der Waals surface area contributed by atoms with Gasteiger partial charge >= 0.3 is 0 Å². The van der Waals surface area contributed by atoms with Crippen LogP contribution in [0.15, 0.2) is 60.7 Å². The van der Waals surface area contributed by atoms with Crippen LogP contribution in [-0.2, 0) is 4.79 Å². The average molecular weight is 373 g/mol. The Balaban J connectivity index is 2.37. The molecule has 0 unspecified atom stereocenters. The van der Waals surface area contributed by atoms with Crippen molar-refractivity contribution in [3.63, 3.8) is 0 Å². The van der Waals surface area contributed by atoms with Gasteiger partial charge in [0.2, 0.25) is 0 Å². The average Bonchev–Trinajstić information content (AvgIpc) is 2.59. The van der Waals surface area contributed by atoms with Crippen molar-refractivity contribution in [2.24, 2.45) is 0 Å². The highest BCUT2D eigenvalue weighted by molar-refractivity contribution is 6.36. The molecule has 25 heavy (non-hydrogen) atoms. The van der Waals surface area contributed by atoms with Crippen LogP contribution in [0.25, 0.3) is 6.08 Å². The molecule has 126 valence electrons. The first-order valence-electron chi connectivity index (χ1n) is 7.26. The number of nitrogens with one attached hydrogen (secondary N) is 1. The minimum atomic E-state index is -0.542. The second-order valence-corrected chi connectivity index (χ2v) is 5.74. The molecule has 0 fully saturated rings. The second-order valence-electron chi connectivity index (χ2n) is 4.90. The highest BCUT2D eigenvalue weighted by Gasteiger charge is 2.14. The molecule has 6 heteroatoms. The Morgan fingerprint density at radius 2 is 2.00 bits per heavy atom. The van der Waals surface area contributed by atoms with E-state index in [1.807, 2.05) is 12.1 Å². The van der Waals surface area contributed by atoms with Gasteiger partial charge in [-0.05, 0) is 30.3 Å². The molecule has 2 rings (SSSR count). The maximum Gasteiger partial charge on any atom is 0.266 e. The van der Waals surface area contributed by atoms with Crippen LogP contribution in [-0.4, -0.2) is 12.5 Å². The monoisotopic (exact) mass is 372 g/mol. The Morgan fingerprint density at radius 1 is 1.28 bits per heavy atom. The van der Waals surface area contributed by atoms with E-state index in [1.54, 1.807) is 36.4 Å². The zero-order valence-corrected chi connectivity index (χ0v) is 14.6. The quantitative estimate of drug-likeness (QED) is 0.435. The van der Waals surface area contributed by atoms with E-state index in [9.17, 15) is 10.1 Å². The molecule has 0 atom stereocenters. The Labute approximate surface area is 155 Å². The molecule has 0 saturated heterocycles. The lowest BCUT2D eigenvalue weighted by Gasteiger charge is -2.11. The first-order chi connectivity index (χ1) is 12.0. The summed E-state index contributed by atoms with van der Waals surface area (Å²) in [6.07, 6.45) is 2.94. The number of hydrogen-bond donors (Lipinski definition) is 1. The number of nitriles is 1. The number of carbonyl (C=O) groups excluding carboxylic acids is 1. The van der Waals surface area contributed by atoms with E-state index in [1.165, 1.54) is 12.1 Å². The van der Waals surface area contributed by atoms with E-state index in [2.05, 4.69) is 11.9 Å². The Bertz CT molecular complexity index is 856. The summed E-state index contributed by atoms with van der Waals surface area (Å²) in [6.45, 7) is 3.80. The van der Waals surface area contributed by atoms with Gasteiger partial charge in [-0.3, -0.25) is 4.79 Å². The second kappa shape index (κ2) is 8.93. The van der Waals surface area contributed by atoms with Gasteiger partial charge < -0.3 is 10.1 Å². The van der Waals surface area contributed by atoms with Crippen molar-refractivity contribution in [3.8, 4) is 11.8 Å². The van der Waals surface area contributed by atoms with Gasteiger partial charge in [0, 0.05) is 16.3 Å². The van der Waals surface area contributed by atoms with Gasteiger partial charge in [-0.1, -0.05) is 54.1 Å². The van der Waals surface area contributed by atoms with Crippen LogP contribution in [0.3, 0.4) is 0 Å². The summed E-state index contributed by atoms with van der Waals surface area (Å²) < 4.78 is 5.52. The summed E-state index contributed by atoms with van der Waals surface area (Å²) in [5.74, 6) is -0.217. The third-order valence-corrected chi connectivity index (χ3v) is 3.58. The molecule has 0 heterocycles. The van der Waals surface area contributed by atoms with Gasteiger partial charge in [-0.15, -0.1) is 0 Å². The number of amides is 1. The molecule has 0 aliphatic heterocycles. The molecule has 1 N–H and O–H groups in total. The molecule has 0 aliphatic rings. The topological polar surface area (TPSA) is 62.1 Å². The summed E-state index contributed by atoms with van der Waals surface area (Å²) in [5.41, 5.74) is 0.908. The van der Waals surface area contributed by atoms with Gasteiger partial charge in [-0.25, -0.2) is 0 Å². The lowest BCUT2D eigenvalue weighted by molar-refractivity contribution is -0.112. The van der Waals surface area contributed by atoms with E-state index in [0.717, 1.165) is 0 Å². The highest BCUT2D eigenvalue weighted by atomic mass is 35.5. The molecule has 1 amide bonds. The van der Waals surface area contributed by atoms with Crippen molar-refractivity contribution in [2.75, 3.05) is 11.9 Å². The molecule has 0 bridgehead atoms. The van der Waals surface area contributed by atoms with Gasteiger partial charge in [0.05, 0.1) is 5.02 Å². The number of hydrogen-bond acceptors (Lipinski definition) is 3. The van der Waals surface area contributed by atoms with Crippen molar-refractivity contribution in [2.45, 2.75) is 0 Å². The molecule has 2 aromatic carbocycles. The van der Waals surface area contributed by atoms with E-state index in [4.69, 9.17) is 27.9 Å². The van der Waals surface area contributed by atoms with Gasteiger partial charge in [0.25, 0.3) is 5.91 Å². The summed E-state index contributed by atoms with van der Waals surface area (Å²) in [5, 5.41) is 12.6. The van der Waals surface area contributed by atoms with Crippen molar-refractivity contribution >= 4 is 40.9 Å². The van der Waals surface area contributed by atoms with Crippen LogP contribution >= 0.6 is 23.2 Å². The zero-order valence-electron chi connectivity index (χ0n) is 13.1. The largest absolute Gasteiger partial charge is 0.487 e. The maximum absolute atomic E-state index is 12.3. The molecule has 4 nitrogen and oxygen atoms in total. The van der Waals surface area contributed by atoms with E-state index in [0.29, 0.717) is 22.0 Å². The third-order valence-electron chi connectivity index (χ3n) is 3.08. The van der Waals surface area contributed by atoms with E-state index >= 15 is 0 Å². The molecular formula is C19H14Cl2N2O2. The van der Waals surface area contributed by atoms with Crippen LogP contribution in [0, 0.1) is 11.3 Å². The molecule has 0 saturated carbocycles. The summed E-state index contributed by atoms with van der Waals surface area (Å²) in [4.78, 5) is 12.3. The van der Waals surface area contributed by atoms with Crippen LogP contribution in [0.5, 0.6) is 5.75 Å². The summed E-state index contributed by atoms with van der Waals surface area (Å²) in [6, 6.07) is 13.8. The smallest absolute Gasteiger partial charge is 0.266 e. The number of anilines is 1. The van der Waals surface area contributed by atoms with Crippen LogP contribution in [0.2, 0.25) is 10.0 Å². The number of halogens is 2. The lowest BCUT2D eigenvalue weighted by atomic mass is 10.1. The van der Waals surface area contributed by atoms with Gasteiger partial charge in [0.15, 0.2) is 0 Å². The third kappa shape index (κ3) is 5.12. The van der Waals surface area contributed by atoms with Crippen LogP contribution in [0.1, 0.15) is 5.56 Å². The predicted octanol–water partition coefficient (Wildman–Crippen LogP) is 5.10. The number of ether oxygens (including phenoxy) is 1. The maximum atomic E-state index is 12.3. The zero-order chi connectivity index (χ0) is 18.2. The Hall–Kier alpha value is -2.74. The number of carbonyl (C=O) groups is 1. The molecule has 0 radical (unpaired) electrons. The van der Waals surface area contributed by atoms with Crippen LogP contribution in [0.4, 0.5) is 5.69 Å². The molecule has 0 spiro atoms. The molecule has 0 aromatic heterocycles. The number of para-hydroxylation sites is 1. The van der Waals surface area contributed by atoms with Gasteiger partial charge in [0.1, 0.15) is 24.0 Å². The molecule has 2 aromatic rings. The number of nitrogens with zero attached hydrogens (tertiary/aromatic N) is 1. The van der Waals surface area contributed by atoms with Crippen molar-refractivity contribution < 1.29 is 9.53 Å². The SMILES string of the molecule is C=CCOc1c(Cl)cc(Cl)cc1/C=C(\C#N)C(=O)Nc1ccccc1. The molecule has 0 aliphatic carbocycles. The fourth-order valence-corrected chi connectivity index (χ4v) is 2.57.